The fourth-order valence-electron chi connectivity index (χ4n) is 10.5. The number of hydrogen-bond acceptors (Lipinski definition) is 17. The zero-order valence-electron chi connectivity index (χ0n) is 43.9. The van der Waals surface area contributed by atoms with Crippen LogP contribution in [0.25, 0.3) is 16.5 Å². The third-order valence-corrected chi connectivity index (χ3v) is 14.6. The van der Waals surface area contributed by atoms with Crippen molar-refractivity contribution in [3.05, 3.63) is 94.0 Å². The van der Waals surface area contributed by atoms with Crippen LogP contribution in [0.1, 0.15) is 96.1 Å². The van der Waals surface area contributed by atoms with Gasteiger partial charge in [0, 0.05) is 81.1 Å². The van der Waals surface area contributed by atoms with Gasteiger partial charge >= 0.3 is 11.8 Å². The first-order valence-corrected chi connectivity index (χ1v) is 25.1. The number of esters is 1. The number of carbonyl (C=O) groups is 3. The second kappa shape index (κ2) is 21.9. The van der Waals surface area contributed by atoms with Gasteiger partial charge < -0.3 is 60.0 Å². The number of allylic oxidation sites excluding steroid dienone is 3. The molecule has 3 aromatic carbocycles. The molecule has 1 saturated heterocycles. The molecule has 5 heterocycles. The summed E-state index contributed by atoms with van der Waals surface area (Å²) < 4.78 is 30.0. The second-order valence-electron chi connectivity index (χ2n) is 20.8. The number of piperidine rings is 1. The summed E-state index contributed by atoms with van der Waals surface area (Å²) in [6, 6.07) is 7.03. The van der Waals surface area contributed by atoms with E-state index >= 15 is 0 Å². The zero-order chi connectivity index (χ0) is 53.3. The van der Waals surface area contributed by atoms with Gasteiger partial charge in [-0.3, -0.25) is 24.4 Å². The van der Waals surface area contributed by atoms with E-state index in [1.807, 2.05) is 26.8 Å². The van der Waals surface area contributed by atoms with Crippen LogP contribution in [-0.2, 0) is 23.8 Å². The summed E-state index contributed by atoms with van der Waals surface area (Å²) in [5.74, 6) is 1.10. The second-order valence-corrected chi connectivity index (χ2v) is 20.8. The minimum atomic E-state index is -1.99. The number of likely N-dealkylation sites (tertiary alicyclic amines) is 1. The van der Waals surface area contributed by atoms with Crippen LogP contribution in [0.4, 0.5) is 5.69 Å². The highest BCUT2D eigenvalue weighted by atomic mass is 16.7. The first kappa shape index (κ1) is 54.3. The highest BCUT2D eigenvalue weighted by Gasteiger charge is 2.50. The van der Waals surface area contributed by atoms with Crippen LogP contribution >= 0.6 is 0 Å². The van der Waals surface area contributed by atoms with Gasteiger partial charge in [-0.15, -0.1) is 0 Å². The molecule has 18 nitrogen and oxygen atoms in total. The van der Waals surface area contributed by atoms with Crippen molar-refractivity contribution in [3.8, 4) is 23.0 Å². The van der Waals surface area contributed by atoms with Crippen LogP contribution in [-0.4, -0.2) is 113 Å². The van der Waals surface area contributed by atoms with Gasteiger partial charge in [-0.1, -0.05) is 59.8 Å². The lowest BCUT2D eigenvalue weighted by atomic mass is 9.79. The number of phenolic OH excluding ortho intramolecular Hbond substituents is 2. The molecule has 73 heavy (non-hydrogen) atoms. The minimum absolute atomic E-state index is 0.0266. The molecule has 8 atom stereocenters. The molecule has 2 unspecified atom stereocenters. The lowest BCUT2D eigenvalue weighted by molar-refractivity contribution is -0.162. The van der Waals surface area contributed by atoms with Crippen molar-refractivity contribution in [2.24, 2.45) is 51.2 Å². The van der Waals surface area contributed by atoms with Crippen molar-refractivity contribution < 1.29 is 53.4 Å². The molecule has 0 aromatic heterocycles. The number of hydrogen-bond donors (Lipinski definition) is 6. The summed E-state index contributed by atoms with van der Waals surface area (Å²) in [5, 5.41) is 40.6. The fourth-order valence-corrected chi connectivity index (χ4v) is 10.5. The number of rotatable bonds is 9. The summed E-state index contributed by atoms with van der Waals surface area (Å²) in [4.78, 5) is 55.5. The molecule has 5 aliphatic rings. The van der Waals surface area contributed by atoms with E-state index in [4.69, 9.17) is 45.2 Å². The summed E-state index contributed by atoms with van der Waals surface area (Å²) in [7, 11) is 3.04. The molecule has 0 radical (unpaired) electrons. The Morgan fingerprint density at radius 3 is 2.32 bits per heavy atom. The first-order valence-electron chi connectivity index (χ1n) is 25.1. The van der Waals surface area contributed by atoms with Crippen molar-refractivity contribution in [2.45, 2.75) is 111 Å². The molecule has 1 fully saturated rings. The quantitative estimate of drug-likeness (QED) is 0.0632. The number of ketones is 1. The van der Waals surface area contributed by atoms with Gasteiger partial charge in [0.15, 0.2) is 11.4 Å². The maximum absolute atomic E-state index is 14.9. The number of Topliss-reactive ketones (excluding diaryl/α,β-unsaturated/α-hetero) is 1. The van der Waals surface area contributed by atoms with Gasteiger partial charge in [0.05, 0.1) is 47.6 Å². The molecule has 1 spiro atoms. The van der Waals surface area contributed by atoms with Crippen LogP contribution < -0.4 is 37.1 Å². The lowest BCUT2D eigenvalue weighted by Crippen LogP contribution is -2.46. The molecule has 5 bridgehead atoms. The fraction of sp³-hybridized carbons (Fsp3) is 0.509. The molecule has 394 valence electrons. The Labute approximate surface area is 427 Å². The maximum Gasteiger partial charge on any atom is 0.327 e. The Morgan fingerprint density at radius 1 is 1.00 bits per heavy atom. The van der Waals surface area contributed by atoms with Crippen molar-refractivity contribution in [1.82, 2.24) is 9.91 Å². The molecule has 0 saturated carbocycles. The Bertz CT molecular complexity index is 2850. The number of nitrogens with zero attached hydrogens (tertiary/aromatic N) is 4. The number of anilines is 1. The first-order chi connectivity index (χ1) is 34.5. The lowest BCUT2D eigenvalue weighted by Gasteiger charge is -2.37. The van der Waals surface area contributed by atoms with E-state index < -0.39 is 65.0 Å². The van der Waals surface area contributed by atoms with Gasteiger partial charge in [0.1, 0.15) is 40.9 Å². The van der Waals surface area contributed by atoms with E-state index in [9.17, 15) is 29.7 Å². The standard InChI is InChI=1S/C55H73N7O11/c1-29(2)26-61-22-20-55(21-23-61)59-44-41-42-48(65)35(8)51-43(41)52(67)54(9,73-51)71-24-19-39(70-11)33(6)50(72-40(63)28-62(57)27-38(56)36-15-17-37(69-10)18-16-36)34(7)47(64)32(5)25-30(3)13-12-14-31(4)53(68)58-46(49(42)66)45(44)60-55/h12-19,24,27,29-30,32-34,39,47,50,64-66H,20-23,25-26,28,56-57H2,1-11H3,(H,58,68)/b13-12+,24-19+,31-14-,38-27-/t30?,32-,33-,34-,39+,47-,50?,54+/m1/s1. The average molecular weight is 1010 g/mol. The number of fused-ring (bicyclic) bond motifs is 13. The Morgan fingerprint density at radius 2 is 1.67 bits per heavy atom. The van der Waals surface area contributed by atoms with Gasteiger partial charge in [-0.05, 0) is 73.9 Å². The number of ether oxygens (including phenoxy) is 5. The Kier molecular flexibility index (Phi) is 16.3. The normalized spacial score (nSPS) is 28.3. The predicted molar refractivity (Wildman–Crippen MR) is 277 cm³/mol. The third kappa shape index (κ3) is 11.2. The van der Waals surface area contributed by atoms with Crippen molar-refractivity contribution in [1.29, 1.82) is 0 Å². The number of aliphatic hydroxyl groups excluding tert-OH is 1. The largest absolute Gasteiger partial charge is 0.507 e. The molecule has 18 heteroatoms. The Hall–Kier alpha value is -6.47. The van der Waals surface area contributed by atoms with E-state index in [0.717, 1.165) is 11.6 Å². The van der Waals surface area contributed by atoms with Crippen LogP contribution in [0.3, 0.4) is 0 Å². The predicted octanol–water partition coefficient (Wildman–Crippen LogP) is 5.90. The summed E-state index contributed by atoms with van der Waals surface area (Å²) in [6.07, 6.45) is 8.51. The van der Waals surface area contributed by atoms with E-state index in [-0.39, 0.29) is 68.2 Å². The SMILES string of the molecule is COc1ccc(/C(N)=C/N(N)CC(=O)OC2[C@H](C)[C@H](O)[C@H](C)CC(C)/C=C/C=C(/C)C(=O)Nc3c(O)c4c(O)c(C)c5c(c4c4c3=NC3(CCN(CC(C)C)CC3)N=4)C(=O)[C@@](C)(O/C=C/[C@H](OC)[C@H]2C)O5)cc1. The maximum atomic E-state index is 14.9. The monoisotopic (exact) mass is 1010 g/mol. The average Bonchev–Trinajstić information content (AvgIpc) is 3.85. The summed E-state index contributed by atoms with van der Waals surface area (Å²) >= 11 is 0. The number of amides is 1. The van der Waals surface area contributed by atoms with Crippen molar-refractivity contribution >= 4 is 39.8 Å². The molecule has 1 amide bonds. The number of hydrazine groups is 1. The number of phenols is 2. The minimum Gasteiger partial charge on any atom is -0.507 e. The summed E-state index contributed by atoms with van der Waals surface area (Å²) in [6.45, 7) is 18.4. The van der Waals surface area contributed by atoms with Crippen molar-refractivity contribution in [3.63, 3.8) is 0 Å². The smallest absolute Gasteiger partial charge is 0.327 e. The molecule has 8 rings (SSSR count). The van der Waals surface area contributed by atoms with Gasteiger partial charge in [-0.25, -0.2) is 5.84 Å². The van der Waals surface area contributed by atoms with E-state index in [0.29, 0.717) is 60.9 Å². The van der Waals surface area contributed by atoms with Crippen LogP contribution in [0, 0.1) is 36.5 Å². The van der Waals surface area contributed by atoms with Gasteiger partial charge in [0.2, 0.25) is 0 Å². The number of aliphatic hydroxyl groups is 1. The highest BCUT2D eigenvalue weighted by Crippen LogP contribution is 2.50. The Balaban J connectivity index is 1.28. The number of benzene rings is 3. The number of nitrogens with two attached hydrogens (primary N) is 2. The molecule has 3 aromatic rings. The topological polar surface area (TPSA) is 253 Å². The molecular formula is C55H73N7O11. The van der Waals surface area contributed by atoms with E-state index in [1.165, 1.54) is 26.5 Å². The molecule has 0 aliphatic carbocycles. The number of methoxy groups -OCH3 is 2. The van der Waals surface area contributed by atoms with E-state index in [1.54, 1.807) is 70.4 Å². The zero-order valence-corrected chi connectivity index (χ0v) is 43.9. The van der Waals surface area contributed by atoms with Crippen LogP contribution in [0.5, 0.6) is 23.0 Å². The summed E-state index contributed by atoms with van der Waals surface area (Å²) in [5.41, 5.74) is 6.77. The molecule has 5 aliphatic heterocycles. The van der Waals surface area contributed by atoms with Gasteiger partial charge in [-0.2, -0.15) is 0 Å². The van der Waals surface area contributed by atoms with Crippen LogP contribution in [0.2, 0.25) is 0 Å². The van der Waals surface area contributed by atoms with Crippen LogP contribution in [0.15, 0.2) is 76.6 Å². The molecular weight excluding hydrogens is 935 g/mol. The number of nitrogens with one attached hydrogen (secondary N) is 1. The third-order valence-electron chi connectivity index (χ3n) is 14.6. The van der Waals surface area contributed by atoms with Crippen molar-refractivity contribution in [2.75, 3.05) is 45.7 Å². The number of carbonyl (C=O) groups excluding carboxylic acids is 3. The highest BCUT2D eigenvalue weighted by molar-refractivity contribution is 6.19. The van der Waals surface area contributed by atoms with Gasteiger partial charge in [0.25, 0.3) is 11.7 Å². The molecule has 8 N–H and O–H groups in total. The van der Waals surface area contributed by atoms with E-state index in [2.05, 4.69) is 24.1 Å². The number of aromatic hydroxyl groups is 2.